The molecular formula is C49H40N4O. The third-order valence-electron chi connectivity index (χ3n) is 10.6. The van der Waals surface area contributed by atoms with Gasteiger partial charge in [-0.05, 0) is 82.6 Å². The topological polar surface area (TPSA) is 48.3 Å². The van der Waals surface area contributed by atoms with Crippen LogP contribution in [0.3, 0.4) is 0 Å². The number of hydrogen-bond donors (Lipinski definition) is 0. The van der Waals surface area contributed by atoms with E-state index in [9.17, 15) is 4.79 Å². The second kappa shape index (κ2) is 14.8. The maximum absolute atomic E-state index is 13.6. The van der Waals surface area contributed by atoms with Gasteiger partial charge in [-0.2, -0.15) is 10.2 Å². The van der Waals surface area contributed by atoms with Gasteiger partial charge < -0.3 is 0 Å². The van der Waals surface area contributed by atoms with Crippen molar-refractivity contribution in [3.05, 3.63) is 214 Å². The van der Waals surface area contributed by atoms with Crippen LogP contribution in [0.4, 0.5) is 11.4 Å². The first kappa shape index (κ1) is 33.3. The summed E-state index contributed by atoms with van der Waals surface area (Å²) in [6.07, 6.45) is 7.24. The Morgan fingerprint density at radius 3 is 1.17 bits per heavy atom. The molecule has 2 atom stereocenters. The Hall–Kier alpha value is -6.59. The van der Waals surface area contributed by atoms with Crippen LogP contribution in [0, 0.1) is 0 Å². The Bertz CT molecular complexity index is 2210. The van der Waals surface area contributed by atoms with E-state index in [2.05, 4.69) is 168 Å². The van der Waals surface area contributed by atoms with E-state index in [0.717, 1.165) is 81.9 Å². The number of ketones is 1. The van der Waals surface area contributed by atoms with Crippen LogP contribution >= 0.6 is 0 Å². The van der Waals surface area contributed by atoms with E-state index in [1.807, 2.05) is 24.3 Å². The van der Waals surface area contributed by atoms with Crippen LogP contribution in [0.25, 0.3) is 12.2 Å². The zero-order chi connectivity index (χ0) is 36.3. The van der Waals surface area contributed by atoms with Gasteiger partial charge in [-0.3, -0.25) is 14.8 Å². The number of hydrazone groups is 2. The summed E-state index contributed by atoms with van der Waals surface area (Å²) in [6.45, 7) is 0. The molecule has 54 heavy (non-hydrogen) atoms. The number of benzene rings is 6. The lowest BCUT2D eigenvalue weighted by atomic mass is 9.98. The quantitative estimate of drug-likeness (QED) is 0.149. The van der Waals surface area contributed by atoms with E-state index in [1.54, 1.807) is 0 Å². The highest BCUT2D eigenvalue weighted by atomic mass is 16.1. The molecule has 0 bridgehead atoms. The molecule has 1 fully saturated rings. The highest BCUT2D eigenvalue weighted by Gasteiger charge is 2.31. The summed E-state index contributed by atoms with van der Waals surface area (Å²) in [6, 6.07) is 59.1. The van der Waals surface area contributed by atoms with Gasteiger partial charge in [0.25, 0.3) is 0 Å². The number of carbonyl (C=O) groups is 1. The summed E-state index contributed by atoms with van der Waals surface area (Å²) >= 11 is 0. The number of rotatable bonds is 8. The van der Waals surface area contributed by atoms with Crippen molar-refractivity contribution in [3.63, 3.8) is 0 Å². The third-order valence-corrected chi connectivity index (χ3v) is 10.6. The Morgan fingerprint density at radius 2 is 0.796 bits per heavy atom. The van der Waals surface area contributed by atoms with E-state index in [4.69, 9.17) is 10.2 Å². The average molecular weight is 701 g/mol. The number of anilines is 2. The molecule has 2 unspecified atom stereocenters. The molecule has 2 heterocycles. The zero-order valence-corrected chi connectivity index (χ0v) is 30.0. The molecule has 9 rings (SSSR count). The fourth-order valence-corrected chi connectivity index (χ4v) is 7.80. The van der Waals surface area contributed by atoms with Gasteiger partial charge in [-0.15, -0.1) is 0 Å². The van der Waals surface area contributed by atoms with Crippen molar-refractivity contribution in [3.8, 4) is 0 Å². The molecule has 0 amide bonds. The standard InChI is InChI=1S/C49H40N4O/c54-49-41(31-35-21-27-43(28-22-35)52-47(39-17-9-3-10-18-39)33-45(50-52)37-13-5-1-6-14-37)25-26-42(49)32-36-23-29-44(30-24-36)53-48(40-19-11-4-12-20-40)34-46(51-53)38-15-7-2-8-16-38/h1-24,27-32,47-48H,25-26,33-34H2/b41-31+,42-32+. The second-order valence-corrected chi connectivity index (χ2v) is 14.1. The molecule has 0 spiro atoms. The summed E-state index contributed by atoms with van der Waals surface area (Å²) < 4.78 is 0. The molecule has 3 aliphatic rings. The SMILES string of the molecule is O=C1/C(=C/c2ccc(N3N=C(c4ccccc4)CC3c3ccccc3)cc2)CC/C1=C\c1ccc(N2N=C(c3ccccc3)CC2c2ccccc2)cc1. The van der Waals surface area contributed by atoms with Crippen LogP contribution < -0.4 is 10.0 Å². The Balaban J connectivity index is 0.915. The average Bonchev–Trinajstić information content (AvgIpc) is 3.98. The van der Waals surface area contributed by atoms with Crippen LogP contribution in [0.1, 0.15) is 71.1 Å². The van der Waals surface area contributed by atoms with Crippen LogP contribution in [-0.4, -0.2) is 17.2 Å². The first-order chi connectivity index (χ1) is 26.7. The molecule has 1 saturated carbocycles. The lowest BCUT2D eigenvalue weighted by Crippen LogP contribution is -2.18. The van der Waals surface area contributed by atoms with Crippen LogP contribution in [-0.2, 0) is 4.79 Å². The fraction of sp³-hybridized carbons (Fsp3) is 0.122. The highest BCUT2D eigenvalue weighted by Crippen LogP contribution is 2.39. The maximum Gasteiger partial charge on any atom is 0.185 e. The van der Waals surface area contributed by atoms with E-state index in [0.29, 0.717) is 0 Å². The summed E-state index contributed by atoms with van der Waals surface area (Å²) in [5.74, 6) is 0.129. The number of carbonyl (C=O) groups excluding carboxylic acids is 1. The van der Waals surface area contributed by atoms with E-state index >= 15 is 0 Å². The van der Waals surface area contributed by atoms with Gasteiger partial charge in [0.15, 0.2) is 5.78 Å². The Labute approximate surface area is 316 Å². The highest BCUT2D eigenvalue weighted by molar-refractivity contribution is 6.15. The second-order valence-electron chi connectivity index (χ2n) is 14.1. The summed E-state index contributed by atoms with van der Waals surface area (Å²) in [4.78, 5) is 13.6. The van der Waals surface area contributed by atoms with Gasteiger partial charge in [0, 0.05) is 24.0 Å². The van der Waals surface area contributed by atoms with Crippen molar-refractivity contribution >= 4 is 40.7 Å². The van der Waals surface area contributed by atoms with E-state index in [1.165, 1.54) is 11.1 Å². The van der Waals surface area contributed by atoms with Gasteiger partial charge in [0.2, 0.25) is 0 Å². The minimum Gasteiger partial charge on any atom is -0.289 e. The van der Waals surface area contributed by atoms with Crippen molar-refractivity contribution in [2.75, 3.05) is 10.0 Å². The number of nitrogens with zero attached hydrogens (tertiary/aromatic N) is 4. The monoisotopic (exact) mass is 700 g/mol. The van der Waals surface area contributed by atoms with Crippen molar-refractivity contribution in [2.45, 2.75) is 37.8 Å². The number of allylic oxidation sites excluding steroid dienone is 2. The number of Topliss-reactive ketones (excluding diaryl/α,β-unsaturated/α-hetero) is 1. The molecular weight excluding hydrogens is 661 g/mol. The van der Waals surface area contributed by atoms with Crippen LogP contribution in [0.15, 0.2) is 191 Å². The molecule has 5 nitrogen and oxygen atoms in total. The summed E-state index contributed by atoms with van der Waals surface area (Å²) in [5, 5.41) is 14.5. The molecule has 0 saturated heterocycles. The van der Waals surface area contributed by atoms with Crippen molar-refractivity contribution in [1.29, 1.82) is 0 Å². The molecule has 1 aliphatic carbocycles. The minimum absolute atomic E-state index is 0.115. The lowest BCUT2D eigenvalue weighted by molar-refractivity contribution is -0.111. The van der Waals surface area contributed by atoms with Crippen LogP contribution in [0.2, 0.25) is 0 Å². The van der Waals surface area contributed by atoms with Gasteiger partial charge in [-0.25, -0.2) is 0 Å². The summed E-state index contributed by atoms with van der Waals surface area (Å²) in [5.41, 5.74) is 12.7. The first-order valence-electron chi connectivity index (χ1n) is 18.8. The smallest absolute Gasteiger partial charge is 0.185 e. The summed E-state index contributed by atoms with van der Waals surface area (Å²) in [7, 11) is 0. The largest absolute Gasteiger partial charge is 0.289 e. The van der Waals surface area contributed by atoms with Gasteiger partial charge in [-0.1, -0.05) is 146 Å². The molecule has 6 aromatic rings. The molecule has 2 aliphatic heterocycles. The number of hydrogen-bond acceptors (Lipinski definition) is 5. The van der Waals surface area contributed by atoms with Gasteiger partial charge >= 0.3 is 0 Å². The van der Waals surface area contributed by atoms with Crippen molar-refractivity contribution < 1.29 is 4.79 Å². The molecule has 0 N–H and O–H groups in total. The van der Waals surface area contributed by atoms with E-state index in [-0.39, 0.29) is 17.9 Å². The predicted octanol–water partition coefficient (Wildman–Crippen LogP) is 11.2. The molecule has 6 aromatic carbocycles. The normalized spacial score (nSPS) is 19.8. The predicted molar refractivity (Wildman–Crippen MR) is 222 cm³/mol. The molecule has 5 heteroatoms. The molecule has 0 aromatic heterocycles. The lowest BCUT2D eigenvalue weighted by Gasteiger charge is -2.24. The Morgan fingerprint density at radius 1 is 0.444 bits per heavy atom. The first-order valence-corrected chi connectivity index (χ1v) is 18.8. The maximum atomic E-state index is 13.6. The Kier molecular flexibility index (Phi) is 9.12. The zero-order valence-electron chi connectivity index (χ0n) is 30.0. The van der Waals surface area contributed by atoms with Gasteiger partial charge in [0.1, 0.15) is 0 Å². The molecule has 262 valence electrons. The minimum atomic E-state index is 0.115. The van der Waals surface area contributed by atoms with Crippen molar-refractivity contribution in [1.82, 2.24) is 0 Å². The van der Waals surface area contributed by atoms with Crippen LogP contribution in [0.5, 0.6) is 0 Å². The van der Waals surface area contributed by atoms with Crippen molar-refractivity contribution in [2.24, 2.45) is 10.2 Å². The molecule has 0 radical (unpaired) electrons. The fourth-order valence-electron chi connectivity index (χ4n) is 7.80. The third kappa shape index (κ3) is 6.84. The van der Waals surface area contributed by atoms with Gasteiger partial charge in [0.05, 0.1) is 34.9 Å². The van der Waals surface area contributed by atoms with E-state index < -0.39 is 0 Å².